The molecule has 0 heterocycles. The van der Waals surface area contributed by atoms with Crippen LogP contribution < -0.4 is 5.32 Å². The van der Waals surface area contributed by atoms with Crippen LogP contribution in [0.2, 0.25) is 0 Å². The van der Waals surface area contributed by atoms with E-state index in [1.54, 1.807) is 6.07 Å². The van der Waals surface area contributed by atoms with Crippen LogP contribution in [0.15, 0.2) is 48.5 Å². The maximum absolute atomic E-state index is 13.1. The molecule has 0 fully saturated rings. The highest BCUT2D eigenvalue weighted by molar-refractivity contribution is 5.92. The summed E-state index contributed by atoms with van der Waals surface area (Å²) in [5.74, 6) is -0.936. The van der Waals surface area contributed by atoms with E-state index in [1.165, 1.54) is 23.8 Å². The lowest BCUT2D eigenvalue weighted by atomic mass is 9.99. The largest absolute Gasteiger partial charge is 0.455 e. The van der Waals surface area contributed by atoms with Crippen molar-refractivity contribution in [3.63, 3.8) is 0 Å². The SMILES string of the molecule is CC[C@H](C)c1ccc(NC(=O)COC(=O)Cc2cccc(F)c2)cc1. The molecular weight excluding hydrogens is 321 g/mol. The molecule has 25 heavy (non-hydrogen) atoms. The summed E-state index contributed by atoms with van der Waals surface area (Å²) in [7, 11) is 0. The number of anilines is 1. The van der Waals surface area contributed by atoms with Crippen molar-refractivity contribution in [2.45, 2.75) is 32.6 Å². The minimum absolute atomic E-state index is 0.0748. The average molecular weight is 343 g/mol. The molecule has 0 bridgehead atoms. The first-order valence-electron chi connectivity index (χ1n) is 8.27. The smallest absolute Gasteiger partial charge is 0.310 e. The fourth-order valence-corrected chi connectivity index (χ4v) is 2.34. The molecule has 2 aromatic carbocycles. The average Bonchev–Trinajstić information content (AvgIpc) is 2.60. The first kappa shape index (κ1) is 18.6. The zero-order chi connectivity index (χ0) is 18.2. The van der Waals surface area contributed by atoms with Crippen molar-refractivity contribution < 1.29 is 18.7 Å². The van der Waals surface area contributed by atoms with Crippen molar-refractivity contribution >= 4 is 17.6 Å². The van der Waals surface area contributed by atoms with Crippen molar-refractivity contribution in [1.82, 2.24) is 0 Å². The monoisotopic (exact) mass is 343 g/mol. The number of nitrogens with one attached hydrogen (secondary N) is 1. The Labute approximate surface area is 147 Å². The normalized spacial score (nSPS) is 11.6. The molecule has 1 atom stereocenters. The van der Waals surface area contributed by atoms with Crippen LogP contribution in [0.5, 0.6) is 0 Å². The molecule has 0 radical (unpaired) electrons. The highest BCUT2D eigenvalue weighted by Gasteiger charge is 2.10. The Kier molecular flexibility index (Phi) is 6.69. The van der Waals surface area contributed by atoms with Crippen molar-refractivity contribution in [1.29, 1.82) is 0 Å². The first-order valence-corrected chi connectivity index (χ1v) is 8.27. The number of rotatable bonds is 7. The maximum atomic E-state index is 13.1. The molecule has 2 aromatic rings. The van der Waals surface area contributed by atoms with Crippen LogP contribution in [-0.2, 0) is 20.7 Å². The molecule has 1 N–H and O–H groups in total. The maximum Gasteiger partial charge on any atom is 0.310 e. The van der Waals surface area contributed by atoms with Crippen LogP contribution in [0.3, 0.4) is 0 Å². The highest BCUT2D eigenvalue weighted by Crippen LogP contribution is 2.20. The lowest BCUT2D eigenvalue weighted by Gasteiger charge is -2.10. The van der Waals surface area contributed by atoms with Crippen LogP contribution in [0, 0.1) is 5.82 Å². The van der Waals surface area contributed by atoms with E-state index in [1.807, 2.05) is 24.3 Å². The molecule has 0 aliphatic heterocycles. The minimum Gasteiger partial charge on any atom is -0.455 e. The third-order valence-corrected chi connectivity index (χ3v) is 3.98. The fourth-order valence-electron chi connectivity index (χ4n) is 2.34. The predicted octanol–water partition coefficient (Wildman–Crippen LogP) is 4.06. The number of carbonyl (C=O) groups is 2. The predicted molar refractivity (Wildman–Crippen MR) is 94.8 cm³/mol. The molecule has 0 aromatic heterocycles. The molecule has 0 aliphatic carbocycles. The number of carbonyl (C=O) groups excluding carboxylic acids is 2. The number of benzene rings is 2. The van der Waals surface area contributed by atoms with E-state index >= 15 is 0 Å². The van der Waals surface area contributed by atoms with E-state index in [4.69, 9.17) is 4.74 Å². The molecule has 0 saturated carbocycles. The van der Waals surface area contributed by atoms with Crippen LogP contribution in [-0.4, -0.2) is 18.5 Å². The van der Waals surface area contributed by atoms with Gasteiger partial charge in [0.2, 0.25) is 0 Å². The van der Waals surface area contributed by atoms with Gasteiger partial charge >= 0.3 is 5.97 Å². The number of amides is 1. The molecule has 0 unspecified atom stereocenters. The van der Waals surface area contributed by atoms with Crippen LogP contribution in [0.4, 0.5) is 10.1 Å². The number of esters is 1. The van der Waals surface area contributed by atoms with Gasteiger partial charge in [-0.3, -0.25) is 9.59 Å². The van der Waals surface area contributed by atoms with Crippen LogP contribution in [0.25, 0.3) is 0 Å². The second-order valence-electron chi connectivity index (χ2n) is 5.95. The highest BCUT2D eigenvalue weighted by atomic mass is 19.1. The standard InChI is InChI=1S/C20H22FNO3/c1-3-14(2)16-7-9-18(10-8-16)22-19(23)13-25-20(24)12-15-5-4-6-17(21)11-15/h4-11,14H,3,12-13H2,1-2H3,(H,22,23)/t14-/m0/s1. The number of hydrogen-bond donors (Lipinski definition) is 1. The van der Waals surface area contributed by atoms with Gasteiger partial charge in [0, 0.05) is 5.69 Å². The summed E-state index contributed by atoms with van der Waals surface area (Å²) >= 11 is 0. The van der Waals surface area contributed by atoms with Gasteiger partial charge < -0.3 is 10.1 Å². The quantitative estimate of drug-likeness (QED) is 0.771. The minimum atomic E-state index is -0.576. The van der Waals surface area contributed by atoms with Gasteiger partial charge in [-0.25, -0.2) is 4.39 Å². The summed E-state index contributed by atoms with van der Waals surface area (Å²) < 4.78 is 18.0. The summed E-state index contributed by atoms with van der Waals surface area (Å²) in [4.78, 5) is 23.6. The van der Waals surface area contributed by atoms with Gasteiger partial charge in [-0.2, -0.15) is 0 Å². The summed E-state index contributed by atoms with van der Waals surface area (Å²) in [6.07, 6.45) is 0.974. The van der Waals surface area contributed by atoms with E-state index in [0.29, 0.717) is 17.2 Å². The topological polar surface area (TPSA) is 55.4 Å². The Morgan fingerprint density at radius 1 is 1.16 bits per heavy atom. The van der Waals surface area contributed by atoms with Crippen molar-refractivity contribution in [3.05, 3.63) is 65.5 Å². The van der Waals surface area contributed by atoms with Gasteiger partial charge in [0.1, 0.15) is 5.82 Å². The van der Waals surface area contributed by atoms with E-state index in [2.05, 4.69) is 19.2 Å². The Bertz CT molecular complexity index is 728. The van der Waals surface area contributed by atoms with Crippen LogP contribution in [0.1, 0.15) is 37.3 Å². The van der Waals surface area contributed by atoms with Gasteiger partial charge in [0.15, 0.2) is 6.61 Å². The van der Waals surface area contributed by atoms with E-state index < -0.39 is 17.7 Å². The molecule has 2 rings (SSSR count). The molecular formula is C20H22FNO3. The lowest BCUT2D eigenvalue weighted by Crippen LogP contribution is -2.21. The van der Waals surface area contributed by atoms with Gasteiger partial charge in [0.25, 0.3) is 5.91 Å². The number of ether oxygens (including phenoxy) is 1. The molecule has 0 spiro atoms. The lowest BCUT2D eigenvalue weighted by molar-refractivity contribution is -0.146. The van der Waals surface area contributed by atoms with Gasteiger partial charge in [-0.15, -0.1) is 0 Å². The zero-order valence-electron chi connectivity index (χ0n) is 14.4. The van der Waals surface area contributed by atoms with Gasteiger partial charge in [-0.1, -0.05) is 38.1 Å². The molecule has 132 valence electrons. The Hall–Kier alpha value is -2.69. The molecule has 0 saturated heterocycles. The van der Waals surface area contributed by atoms with E-state index in [9.17, 15) is 14.0 Å². The summed E-state index contributed by atoms with van der Waals surface area (Å²) in [6.45, 7) is 3.89. The molecule has 5 heteroatoms. The summed E-state index contributed by atoms with van der Waals surface area (Å²) in [6, 6.07) is 13.3. The number of hydrogen-bond acceptors (Lipinski definition) is 3. The molecule has 1 amide bonds. The van der Waals surface area contributed by atoms with Crippen molar-refractivity contribution in [3.8, 4) is 0 Å². The summed E-state index contributed by atoms with van der Waals surface area (Å²) in [5.41, 5.74) is 2.37. The van der Waals surface area contributed by atoms with E-state index in [-0.39, 0.29) is 13.0 Å². The van der Waals surface area contributed by atoms with Gasteiger partial charge in [-0.05, 0) is 47.7 Å². The van der Waals surface area contributed by atoms with E-state index in [0.717, 1.165) is 6.42 Å². The molecule has 4 nitrogen and oxygen atoms in total. The second-order valence-corrected chi connectivity index (χ2v) is 5.95. The second kappa shape index (κ2) is 8.97. The first-order chi connectivity index (χ1) is 12.0. The van der Waals surface area contributed by atoms with Gasteiger partial charge in [0.05, 0.1) is 6.42 Å². The zero-order valence-corrected chi connectivity index (χ0v) is 14.4. The van der Waals surface area contributed by atoms with Crippen molar-refractivity contribution in [2.24, 2.45) is 0 Å². The Morgan fingerprint density at radius 3 is 2.52 bits per heavy atom. The Morgan fingerprint density at radius 2 is 1.88 bits per heavy atom. The fraction of sp³-hybridized carbons (Fsp3) is 0.300. The summed E-state index contributed by atoms with van der Waals surface area (Å²) in [5, 5.41) is 2.68. The third kappa shape index (κ3) is 6.03. The molecule has 0 aliphatic rings. The third-order valence-electron chi connectivity index (χ3n) is 3.98. The number of halogens is 1. The van der Waals surface area contributed by atoms with Crippen LogP contribution >= 0.6 is 0 Å². The Balaban J connectivity index is 1.79. The van der Waals surface area contributed by atoms with Crippen molar-refractivity contribution in [2.75, 3.05) is 11.9 Å².